The fraction of sp³-hybridized carbons (Fsp3) is 0.409. The highest BCUT2D eigenvalue weighted by atomic mass is 32.2. The summed E-state index contributed by atoms with van der Waals surface area (Å²) in [7, 11) is 1.70. The van der Waals surface area contributed by atoms with Gasteiger partial charge in [0.1, 0.15) is 11.4 Å². The van der Waals surface area contributed by atoms with Crippen molar-refractivity contribution in [3.8, 4) is 5.75 Å². The van der Waals surface area contributed by atoms with Crippen LogP contribution in [0.25, 0.3) is 0 Å². The molecule has 0 N–H and O–H groups in total. The Bertz CT molecular complexity index is 811. The van der Waals surface area contributed by atoms with Crippen LogP contribution < -0.4 is 9.64 Å². The highest BCUT2D eigenvalue weighted by Crippen LogP contribution is 2.39. The van der Waals surface area contributed by atoms with E-state index in [-0.39, 0.29) is 6.09 Å². The summed E-state index contributed by atoms with van der Waals surface area (Å²) in [6.45, 7) is 8.56. The first-order valence-electron chi connectivity index (χ1n) is 9.50. The van der Waals surface area contributed by atoms with Crippen LogP contribution in [0.3, 0.4) is 0 Å². The van der Waals surface area contributed by atoms with Crippen molar-refractivity contribution in [1.82, 2.24) is 4.90 Å². The van der Waals surface area contributed by atoms with E-state index in [9.17, 15) is 4.79 Å². The quantitative estimate of drug-likeness (QED) is 0.730. The van der Waals surface area contributed by atoms with Gasteiger partial charge in [-0.1, -0.05) is 36.0 Å². The van der Waals surface area contributed by atoms with Gasteiger partial charge in [-0.05, 0) is 45.0 Å². The molecule has 6 heteroatoms. The number of rotatable bonds is 4. The Morgan fingerprint density at radius 3 is 2.18 bits per heavy atom. The molecule has 0 spiro atoms. The number of para-hydroxylation sites is 2. The Morgan fingerprint density at radius 1 is 0.929 bits per heavy atom. The lowest BCUT2D eigenvalue weighted by molar-refractivity contribution is 0.0240. The van der Waals surface area contributed by atoms with Crippen LogP contribution >= 0.6 is 11.8 Å². The smallest absolute Gasteiger partial charge is 0.410 e. The first kappa shape index (κ1) is 20.4. The molecular weight excluding hydrogens is 372 g/mol. The second kappa shape index (κ2) is 8.78. The molecule has 0 unspecified atom stereocenters. The molecule has 2 aromatic carbocycles. The molecule has 1 saturated heterocycles. The summed E-state index contributed by atoms with van der Waals surface area (Å²) in [5, 5.41) is 0. The van der Waals surface area contributed by atoms with Crippen molar-refractivity contribution in [2.45, 2.75) is 36.2 Å². The minimum Gasteiger partial charge on any atom is -0.496 e. The Kier molecular flexibility index (Phi) is 6.39. The van der Waals surface area contributed by atoms with Crippen LogP contribution in [0.1, 0.15) is 20.8 Å². The van der Waals surface area contributed by atoms with Gasteiger partial charge in [0.25, 0.3) is 0 Å². The van der Waals surface area contributed by atoms with Crippen molar-refractivity contribution < 1.29 is 14.3 Å². The van der Waals surface area contributed by atoms with Gasteiger partial charge in [-0.25, -0.2) is 4.79 Å². The molecule has 28 heavy (non-hydrogen) atoms. The minimum atomic E-state index is -0.466. The fourth-order valence-corrected chi connectivity index (χ4v) is 4.17. The van der Waals surface area contributed by atoms with Crippen molar-refractivity contribution in [2.75, 3.05) is 38.2 Å². The average Bonchev–Trinajstić information content (AvgIpc) is 2.68. The highest BCUT2D eigenvalue weighted by Gasteiger charge is 2.26. The SMILES string of the molecule is COc1ccccc1Sc1ccccc1N1CCN(C(=O)OC(C)(C)C)CC1. The number of nitrogens with zero attached hydrogens (tertiary/aromatic N) is 2. The standard InChI is InChI=1S/C22H28N2O3S/c1-22(2,3)27-21(25)24-15-13-23(14-16-24)17-9-5-7-11-19(17)28-20-12-8-6-10-18(20)26-4/h5-12H,13-16H2,1-4H3. The maximum Gasteiger partial charge on any atom is 0.410 e. The highest BCUT2D eigenvalue weighted by molar-refractivity contribution is 7.99. The Labute approximate surface area is 171 Å². The van der Waals surface area contributed by atoms with Gasteiger partial charge in [0.05, 0.1) is 17.7 Å². The predicted molar refractivity (Wildman–Crippen MR) is 114 cm³/mol. The lowest BCUT2D eigenvalue weighted by atomic mass is 10.2. The lowest BCUT2D eigenvalue weighted by Crippen LogP contribution is -2.50. The Morgan fingerprint density at radius 2 is 1.54 bits per heavy atom. The van der Waals surface area contributed by atoms with Crippen LogP contribution in [0.5, 0.6) is 5.75 Å². The number of anilines is 1. The van der Waals surface area contributed by atoms with Gasteiger partial charge in [0, 0.05) is 31.1 Å². The molecular formula is C22H28N2O3S. The zero-order valence-electron chi connectivity index (χ0n) is 17.0. The maximum absolute atomic E-state index is 12.3. The van der Waals surface area contributed by atoms with E-state index >= 15 is 0 Å². The molecule has 3 rings (SSSR count). The first-order chi connectivity index (χ1) is 13.4. The minimum absolute atomic E-state index is 0.233. The molecule has 0 aromatic heterocycles. The summed E-state index contributed by atoms with van der Waals surface area (Å²) in [6.07, 6.45) is -0.233. The molecule has 1 fully saturated rings. The topological polar surface area (TPSA) is 42.0 Å². The van der Waals surface area contributed by atoms with Gasteiger partial charge in [-0.3, -0.25) is 0 Å². The third-order valence-electron chi connectivity index (χ3n) is 4.43. The normalized spacial score (nSPS) is 14.7. The second-order valence-corrected chi connectivity index (χ2v) is 8.76. The largest absolute Gasteiger partial charge is 0.496 e. The number of amides is 1. The molecule has 0 saturated carbocycles. The second-order valence-electron chi connectivity index (χ2n) is 7.68. The van der Waals surface area contributed by atoms with Gasteiger partial charge in [-0.2, -0.15) is 0 Å². The van der Waals surface area contributed by atoms with Crippen LogP contribution in [0, 0.1) is 0 Å². The predicted octanol–water partition coefficient (Wildman–Crippen LogP) is 4.90. The number of hydrogen-bond acceptors (Lipinski definition) is 5. The number of benzene rings is 2. The van der Waals surface area contributed by atoms with Crippen LogP contribution in [0.4, 0.5) is 10.5 Å². The number of ether oxygens (including phenoxy) is 2. The van der Waals surface area contributed by atoms with Gasteiger partial charge in [-0.15, -0.1) is 0 Å². The van der Waals surface area contributed by atoms with E-state index in [0.29, 0.717) is 13.1 Å². The molecule has 0 radical (unpaired) electrons. The molecule has 0 aliphatic carbocycles. The number of methoxy groups -OCH3 is 1. The number of carbonyl (C=O) groups is 1. The molecule has 1 aliphatic rings. The van der Waals surface area contributed by atoms with E-state index in [1.54, 1.807) is 23.8 Å². The van der Waals surface area contributed by atoms with E-state index in [1.807, 2.05) is 39.0 Å². The van der Waals surface area contributed by atoms with E-state index in [2.05, 4.69) is 35.2 Å². The van der Waals surface area contributed by atoms with Gasteiger partial charge < -0.3 is 19.3 Å². The maximum atomic E-state index is 12.3. The van der Waals surface area contributed by atoms with Crippen molar-refractivity contribution in [1.29, 1.82) is 0 Å². The molecule has 1 heterocycles. The van der Waals surface area contributed by atoms with Crippen LogP contribution in [-0.4, -0.2) is 49.9 Å². The summed E-state index contributed by atoms with van der Waals surface area (Å²) < 4.78 is 11.0. The zero-order valence-corrected chi connectivity index (χ0v) is 17.8. The van der Waals surface area contributed by atoms with Crippen molar-refractivity contribution >= 4 is 23.5 Å². The van der Waals surface area contributed by atoms with Crippen molar-refractivity contribution in [2.24, 2.45) is 0 Å². The van der Waals surface area contributed by atoms with Gasteiger partial charge in [0.15, 0.2) is 0 Å². The monoisotopic (exact) mass is 400 g/mol. The Balaban J connectivity index is 1.70. The van der Waals surface area contributed by atoms with Gasteiger partial charge >= 0.3 is 6.09 Å². The number of hydrogen-bond donors (Lipinski definition) is 0. The summed E-state index contributed by atoms with van der Waals surface area (Å²) in [5.41, 5.74) is 0.717. The molecule has 1 aliphatic heterocycles. The molecule has 150 valence electrons. The molecule has 1 amide bonds. The third-order valence-corrected chi connectivity index (χ3v) is 5.55. The van der Waals surface area contributed by atoms with Crippen LogP contribution in [-0.2, 0) is 4.74 Å². The van der Waals surface area contributed by atoms with Crippen molar-refractivity contribution in [3.63, 3.8) is 0 Å². The summed E-state index contributed by atoms with van der Waals surface area (Å²) in [6, 6.07) is 16.4. The number of piperazine rings is 1. The average molecular weight is 401 g/mol. The van der Waals surface area contributed by atoms with E-state index < -0.39 is 5.60 Å². The van der Waals surface area contributed by atoms with Crippen LogP contribution in [0.15, 0.2) is 58.3 Å². The van der Waals surface area contributed by atoms with E-state index in [1.165, 1.54) is 10.6 Å². The molecule has 0 atom stereocenters. The summed E-state index contributed by atoms with van der Waals surface area (Å²) >= 11 is 1.70. The molecule has 0 bridgehead atoms. The Hall–Kier alpha value is -2.34. The van der Waals surface area contributed by atoms with E-state index in [0.717, 1.165) is 23.7 Å². The van der Waals surface area contributed by atoms with Crippen LogP contribution in [0.2, 0.25) is 0 Å². The molecule has 2 aromatic rings. The summed E-state index contributed by atoms with van der Waals surface area (Å²) in [4.78, 5) is 18.7. The summed E-state index contributed by atoms with van der Waals surface area (Å²) in [5.74, 6) is 0.872. The first-order valence-corrected chi connectivity index (χ1v) is 10.3. The zero-order chi connectivity index (χ0) is 20.1. The van der Waals surface area contributed by atoms with Gasteiger partial charge in [0.2, 0.25) is 0 Å². The molecule has 5 nitrogen and oxygen atoms in total. The number of carbonyl (C=O) groups excluding carboxylic acids is 1. The van der Waals surface area contributed by atoms with Crippen molar-refractivity contribution in [3.05, 3.63) is 48.5 Å². The fourth-order valence-electron chi connectivity index (χ4n) is 3.08. The third kappa shape index (κ3) is 5.13. The van der Waals surface area contributed by atoms with E-state index in [4.69, 9.17) is 9.47 Å². The lowest BCUT2D eigenvalue weighted by Gasteiger charge is -2.37.